The highest BCUT2D eigenvalue weighted by Gasteiger charge is 2.20. The van der Waals surface area contributed by atoms with Crippen LogP contribution in [-0.4, -0.2) is 50.1 Å². The van der Waals surface area contributed by atoms with Gasteiger partial charge in [-0.25, -0.2) is 0 Å². The van der Waals surface area contributed by atoms with Gasteiger partial charge in [0.05, 0.1) is 0 Å². The maximum Gasteiger partial charge on any atom is 0.0325 e. The molecular formula is C16H29N3S. The van der Waals surface area contributed by atoms with E-state index in [0.29, 0.717) is 0 Å². The van der Waals surface area contributed by atoms with Gasteiger partial charge in [0.2, 0.25) is 0 Å². The van der Waals surface area contributed by atoms with Crippen LogP contribution in [0.25, 0.3) is 0 Å². The van der Waals surface area contributed by atoms with Crippen LogP contribution in [-0.2, 0) is 13.1 Å². The van der Waals surface area contributed by atoms with Crippen molar-refractivity contribution < 1.29 is 0 Å². The average Bonchev–Trinajstić information content (AvgIpc) is 2.99. The predicted octanol–water partition coefficient (Wildman–Crippen LogP) is 2.63. The summed E-state index contributed by atoms with van der Waals surface area (Å²) in [4.78, 5) is 7.88. The van der Waals surface area contributed by atoms with Gasteiger partial charge in [-0.3, -0.25) is 0 Å². The van der Waals surface area contributed by atoms with Gasteiger partial charge >= 0.3 is 0 Å². The molecule has 0 aromatic carbocycles. The minimum atomic E-state index is 0.857. The number of nitrogens with zero attached hydrogens (tertiary/aromatic N) is 2. The quantitative estimate of drug-likeness (QED) is 0.744. The first-order chi connectivity index (χ1) is 9.67. The van der Waals surface area contributed by atoms with E-state index in [1.54, 1.807) is 0 Å². The van der Waals surface area contributed by atoms with Crippen molar-refractivity contribution in [3.8, 4) is 0 Å². The van der Waals surface area contributed by atoms with E-state index >= 15 is 0 Å². The van der Waals surface area contributed by atoms with Crippen molar-refractivity contribution in [2.24, 2.45) is 5.92 Å². The largest absolute Gasteiger partial charge is 0.312 e. The maximum absolute atomic E-state index is 3.47. The summed E-state index contributed by atoms with van der Waals surface area (Å²) < 4.78 is 0. The summed E-state index contributed by atoms with van der Waals surface area (Å²) in [6.45, 7) is 9.20. The van der Waals surface area contributed by atoms with Gasteiger partial charge in [-0.15, -0.1) is 11.3 Å². The smallest absolute Gasteiger partial charge is 0.0325 e. The second-order valence-electron chi connectivity index (χ2n) is 6.16. The van der Waals surface area contributed by atoms with Gasteiger partial charge in [-0.05, 0) is 58.1 Å². The number of likely N-dealkylation sites (tertiary alicyclic amines) is 1. The minimum absolute atomic E-state index is 0.857. The first-order valence-corrected chi connectivity index (χ1v) is 8.64. The molecule has 1 aromatic heterocycles. The molecule has 0 amide bonds. The van der Waals surface area contributed by atoms with Crippen molar-refractivity contribution in [3.05, 3.63) is 21.9 Å². The molecule has 2 rings (SSSR count). The molecule has 3 nitrogen and oxygen atoms in total. The Labute approximate surface area is 128 Å². The zero-order valence-corrected chi connectivity index (χ0v) is 14.0. The lowest BCUT2D eigenvalue weighted by Gasteiger charge is -2.20. The van der Waals surface area contributed by atoms with Crippen LogP contribution in [0.15, 0.2) is 12.1 Å². The molecule has 1 fully saturated rings. The first-order valence-electron chi connectivity index (χ1n) is 7.82. The van der Waals surface area contributed by atoms with Crippen molar-refractivity contribution in [2.45, 2.75) is 32.9 Å². The van der Waals surface area contributed by atoms with Crippen molar-refractivity contribution in [1.82, 2.24) is 15.1 Å². The third-order valence-corrected chi connectivity index (χ3v) is 5.00. The van der Waals surface area contributed by atoms with E-state index in [4.69, 9.17) is 0 Å². The molecule has 114 valence electrons. The molecule has 1 atom stereocenters. The molecule has 1 saturated heterocycles. The van der Waals surface area contributed by atoms with Gasteiger partial charge < -0.3 is 15.1 Å². The Morgan fingerprint density at radius 1 is 1.40 bits per heavy atom. The monoisotopic (exact) mass is 295 g/mol. The second-order valence-corrected chi connectivity index (χ2v) is 7.41. The zero-order valence-electron chi connectivity index (χ0n) is 13.2. The van der Waals surface area contributed by atoms with Crippen LogP contribution in [0, 0.1) is 5.92 Å². The lowest BCUT2D eigenvalue weighted by molar-refractivity contribution is 0.269. The van der Waals surface area contributed by atoms with E-state index in [1.807, 2.05) is 11.3 Å². The van der Waals surface area contributed by atoms with E-state index in [2.05, 4.69) is 48.3 Å². The third-order valence-electron chi connectivity index (χ3n) is 3.93. The lowest BCUT2D eigenvalue weighted by Crippen LogP contribution is -2.26. The molecule has 4 heteroatoms. The van der Waals surface area contributed by atoms with Crippen molar-refractivity contribution in [1.29, 1.82) is 0 Å². The molecular weight excluding hydrogens is 266 g/mol. The number of thiophene rings is 1. The molecule has 1 aliphatic heterocycles. The molecule has 0 aliphatic carbocycles. The fourth-order valence-electron chi connectivity index (χ4n) is 2.94. The van der Waals surface area contributed by atoms with Crippen LogP contribution in [0.1, 0.15) is 29.5 Å². The minimum Gasteiger partial charge on any atom is -0.312 e. The molecule has 1 N–H and O–H groups in total. The fourth-order valence-corrected chi connectivity index (χ4v) is 4.01. The Kier molecular flexibility index (Phi) is 6.49. The molecule has 1 aliphatic rings. The Morgan fingerprint density at radius 2 is 2.20 bits per heavy atom. The van der Waals surface area contributed by atoms with E-state index in [1.165, 1.54) is 42.2 Å². The molecule has 0 radical (unpaired) electrons. The second kappa shape index (κ2) is 8.13. The third kappa shape index (κ3) is 5.17. The van der Waals surface area contributed by atoms with Crippen molar-refractivity contribution in [2.75, 3.05) is 40.3 Å². The van der Waals surface area contributed by atoms with Crippen LogP contribution in [0.3, 0.4) is 0 Å². The fraction of sp³-hybridized carbons (Fsp3) is 0.750. The van der Waals surface area contributed by atoms with Gasteiger partial charge in [0, 0.05) is 35.9 Å². The zero-order chi connectivity index (χ0) is 14.4. The van der Waals surface area contributed by atoms with Gasteiger partial charge in [0.25, 0.3) is 0 Å². The van der Waals surface area contributed by atoms with E-state index < -0.39 is 0 Å². The van der Waals surface area contributed by atoms with Crippen LogP contribution in [0.4, 0.5) is 0 Å². The Balaban J connectivity index is 1.72. The summed E-state index contributed by atoms with van der Waals surface area (Å²) in [5, 5.41) is 3.47. The standard InChI is InChI=1S/C16H29N3S/c1-4-8-17-10-15-5-6-16(20-15)13-19(3)12-14-7-9-18(2)11-14/h5-6,14,17H,4,7-13H2,1-3H3. The highest BCUT2D eigenvalue weighted by atomic mass is 32.1. The summed E-state index contributed by atoms with van der Waals surface area (Å²) in [6.07, 6.45) is 2.56. The van der Waals surface area contributed by atoms with Crippen LogP contribution in [0.2, 0.25) is 0 Å². The number of hydrogen-bond donors (Lipinski definition) is 1. The number of rotatable bonds is 8. The van der Waals surface area contributed by atoms with E-state index in [9.17, 15) is 0 Å². The lowest BCUT2D eigenvalue weighted by atomic mass is 10.1. The van der Waals surface area contributed by atoms with Crippen molar-refractivity contribution in [3.63, 3.8) is 0 Å². The van der Waals surface area contributed by atoms with E-state index in [-0.39, 0.29) is 0 Å². The predicted molar refractivity (Wildman–Crippen MR) is 88.3 cm³/mol. The van der Waals surface area contributed by atoms with Gasteiger partial charge in [0.15, 0.2) is 0 Å². The topological polar surface area (TPSA) is 18.5 Å². The highest BCUT2D eigenvalue weighted by molar-refractivity contribution is 7.11. The van der Waals surface area contributed by atoms with Crippen LogP contribution < -0.4 is 5.32 Å². The Bertz CT molecular complexity index is 391. The van der Waals surface area contributed by atoms with Crippen LogP contribution in [0.5, 0.6) is 0 Å². The molecule has 0 bridgehead atoms. The van der Waals surface area contributed by atoms with Crippen molar-refractivity contribution >= 4 is 11.3 Å². The summed E-state index contributed by atoms with van der Waals surface area (Å²) in [7, 11) is 4.49. The maximum atomic E-state index is 3.47. The molecule has 1 aromatic rings. The van der Waals surface area contributed by atoms with Gasteiger partial charge in [-0.1, -0.05) is 6.92 Å². The molecule has 1 unspecified atom stereocenters. The number of nitrogens with one attached hydrogen (secondary N) is 1. The normalized spacial score (nSPS) is 20.1. The molecule has 2 heterocycles. The first kappa shape index (κ1) is 16.0. The SMILES string of the molecule is CCCNCc1ccc(CN(C)CC2CCN(C)C2)s1. The molecule has 0 saturated carbocycles. The average molecular weight is 295 g/mol. The highest BCUT2D eigenvalue weighted by Crippen LogP contribution is 2.20. The Morgan fingerprint density at radius 3 is 2.90 bits per heavy atom. The summed E-state index contributed by atoms with van der Waals surface area (Å²) >= 11 is 1.96. The summed E-state index contributed by atoms with van der Waals surface area (Å²) in [5.41, 5.74) is 0. The van der Waals surface area contributed by atoms with Gasteiger partial charge in [-0.2, -0.15) is 0 Å². The number of hydrogen-bond acceptors (Lipinski definition) is 4. The van der Waals surface area contributed by atoms with Gasteiger partial charge in [0.1, 0.15) is 0 Å². The Hall–Kier alpha value is -0.420. The summed E-state index contributed by atoms with van der Waals surface area (Å²) in [5.74, 6) is 0.857. The molecule has 20 heavy (non-hydrogen) atoms. The van der Waals surface area contributed by atoms with E-state index in [0.717, 1.165) is 25.6 Å². The summed E-state index contributed by atoms with van der Waals surface area (Å²) in [6, 6.07) is 4.57. The van der Waals surface area contributed by atoms with Crippen LogP contribution >= 0.6 is 11.3 Å². The molecule has 0 spiro atoms.